The monoisotopic (exact) mass is 292 g/mol. The first-order chi connectivity index (χ1) is 10.7. The molecule has 4 nitrogen and oxygen atoms in total. The molecular formula is C18H16N2O2. The summed E-state index contributed by atoms with van der Waals surface area (Å²) in [5.41, 5.74) is 3.23. The molecule has 2 aliphatic rings. The number of benzene rings is 2. The summed E-state index contributed by atoms with van der Waals surface area (Å²) < 4.78 is 12.8. The largest absolute Gasteiger partial charge is 0.497 e. The van der Waals surface area contributed by atoms with E-state index in [1.165, 1.54) is 0 Å². The van der Waals surface area contributed by atoms with E-state index in [1.54, 1.807) is 14.2 Å². The first-order valence-electron chi connectivity index (χ1n) is 7.12. The molecule has 2 aromatic rings. The van der Waals surface area contributed by atoms with E-state index in [-0.39, 0.29) is 0 Å². The molecule has 2 heterocycles. The van der Waals surface area contributed by atoms with Gasteiger partial charge in [0, 0.05) is 28.9 Å². The fourth-order valence-electron chi connectivity index (χ4n) is 3.00. The van der Waals surface area contributed by atoms with Crippen LogP contribution in [0.2, 0.25) is 0 Å². The van der Waals surface area contributed by atoms with E-state index in [2.05, 4.69) is 16.7 Å². The van der Waals surface area contributed by atoms with E-state index >= 15 is 0 Å². The van der Waals surface area contributed by atoms with Gasteiger partial charge >= 0.3 is 0 Å². The normalized spacial score (nSPS) is 11.4. The van der Waals surface area contributed by atoms with E-state index in [1.807, 2.05) is 37.4 Å². The number of hydrogen-bond acceptors (Lipinski definition) is 3. The summed E-state index contributed by atoms with van der Waals surface area (Å²) in [6.07, 6.45) is 0. The van der Waals surface area contributed by atoms with E-state index in [4.69, 9.17) is 14.5 Å². The van der Waals surface area contributed by atoms with Crippen LogP contribution in [0.3, 0.4) is 0 Å². The lowest BCUT2D eigenvalue weighted by Gasteiger charge is -2.12. The Morgan fingerprint density at radius 2 is 1.64 bits per heavy atom. The number of methoxy groups -OCH3 is 2. The zero-order valence-electron chi connectivity index (χ0n) is 12.8. The van der Waals surface area contributed by atoms with Crippen molar-refractivity contribution in [2.45, 2.75) is 0 Å². The molecule has 0 saturated carbocycles. The summed E-state index contributed by atoms with van der Waals surface area (Å²) in [5.74, 6) is 2.67. The van der Waals surface area contributed by atoms with Crippen molar-refractivity contribution in [1.82, 2.24) is 9.55 Å². The van der Waals surface area contributed by atoms with Gasteiger partial charge in [-0.25, -0.2) is 4.98 Å². The SMILES string of the molecule is COc1ccc2c(c1)cc1c3cc(OC)ccc3nc-1n2C. The van der Waals surface area contributed by atoms with Crippen molar-refractivity contribution in [3.63, 3.8) is 0 Å². The van der Waals surface area contributed by atoms with Crippen LogP contribution in [0.1, 0.15) is 0 Å². The van der Waals surface area contributed by atoms with Gasteiger partial charge in [-0.1, -0.05) is 0 Å². The highest BCUT2D eigenvalue weighted by Crippen LogP contribution is 2.36. The molecule has 4 heteroatoms. The minimum atomic E-state index is 0.843. The quantitative estimate of drug-likeness (QED) is 0.563. The number of rotatable bonds is 2. The lowest BCUT2D eigenvalue weighted by molar-refractivity contribution is 0.415. The first kappa shape index (κ1) is 13.0. The van der Waals surface area contributed by atoms with Gasteiger partial charge in [0.15, 0.2) is 0 Å². The highest BCUT2D eigenvalue weighted by molar-refractivity contribution is 6.01. The lowest BCUT2D eigenvalue weighted by Crippen LogP contribution is -1.99. The van der Waals surface area contributed by atoms with Gasteiger partial charge in [0.05, 0.1) is 19.7 Å². The molecule has 0 N–H and O–H groups in total. The van der Waals surface area contributed by atoms with Gasteiger partial charge in [0.2, 0.25) is 0 Å². The second kappa shape index (κ2) is 4.63. The predicted octanol–water partition coefficient (Wildman–Crippen LogP) is 3.85. The predicted molar refractivity (Wildman–Crippen MR) is 87.9 cm³/mol. The fraction of sp³-hybridized carbons (Fsp3) is 0.167. The average Bonchev–Trinajstić information content (AvgIpc) is 2.92. The van der Waals surface area contributed by atoms with Crippen LogP contribution in [0.4, 0.5) is 0 Å². The van der Waals surface area contributed by atoms with Gasteiger partial charge in [-0.3, -0.25) is 0 Å². The Balaban J connectivity index is 2.13. The number of nitrogens with zero attached hydrogens (tertiary/aromatic N) is 2. The third-order valence-corrected chi connectivity index (χ3v) is 4.17. The fourth-order valence-corrected chi connectivity index (χ4v) is 3.00. The Labute approximate surface area is 128 Å². The standard InChI is InChI=1S/C18H16N2O2/c1-20-17-7-5-12(21-2)8-11(17)9-15-14-10-13(22-3)4-6-16(14)19-18(15)20/h4-10H,1-3H3. The van der Waals surface area contributed by atoms with E-state index < -0.39 is 0 Å². The number of fused-ring (bicyclic) bond motifs is 4. The maximum atomic E-state index is 5.34. The smallest absolute Gasteiger partial charge is 0.141 e. The number of aryl methyl sites for hydroxylation is 1. The zero-order valence-corrected chi connectivity index (χ0v) is 12.8. The van der Waals surface area contributed by atoms with Crippen LogP contribution >= 0.6 is 0 Å². The average molecular weight is 292 g/mol. The van der Waals surface area contributed by atoms with Crippen molar-refractivity contribution in [2.75, 3.05) is 14.2 Å². The van der Waals surface area contributed by atoms with Crippen molar-refractivity contribution in [3.05, 3.63) is 42.5 Å². The molecule has 2 aromatic carbocycles. The van der Waals surface area contributed by atoms with Gasteiger partial charge in [0.1, 0.15) is 17.3 Å². The van der Waals surface area contributed by atoms with Crippen LogP contribution in [0.5, 0.6) is 11.5 Å². The molecule has 0 spiro atoms. The molecule has 2 aliphatic heterocycles. The molecule has 4 rings (SSSR count). The van der Waals surface area contributed by atoms with Crippen LogP contribution < -0.4 is 9.47 Å². The lowest BCUT2D eigenvalue weighted by atomic mass is 10.1. The van der Waals surface area contributed by atoms with Crippen LogP contribution in [-0.2, 0) is 7.05 Å². The van der Waals surface area contributed by atoms with Crippen LogP contribution in [0.25, 0.3) is 33.2 Å². The molecular weight excluding hydrogens is 276 g/mol. The Morgan fingerprint density at radius 3 is 2.41 bits per heavy atom. The van der Waals surface area contributed by atoms with E-state index in [0.29, 0.717) is 0 Å². The zero-order chi connectivity index (χ0) is 15.3. The molecule has 0 aromatic heterocycles. The molecule has 0 unspecified atom stereocenters. The first-order valence-corrected chi connectivity index (χ1v) is 7.12. The number of aromatic nitrogens is 2. The Bertz CT molecular complexity index is 972. The molecule has 0 saturated heterocycles. The number of pyridine rings is 1. The molecule has 0 radical (unpaired) electrons. The van der Waals surface area contributed by atoms with Crippen molar-refractivity contribution in [1.29, 1.82) is 0 Å². The highest BCUT2D eigenvalue weighted by atomic mass is 16.5. The van der Waals surface area contributed by atoms with Crippen LogP contribution in [-0.4, -0.2) is 23.8 Å². The summed E-state index contributed by atoms with van der Waals surface area (Å²) in [6.45, 7) is 0. The minimum Gasteiger partial charge on any atom is -0.497 e. The molecule has 22 heavy (non-hydrogen) atoms. The van der Waals surface area contributed by atoms with Crippen LogP contribution in [0.15, 0.2) is 42.5 Å². The summed E-state index contributed by atoms with van der Waals surface area (Å²) >= 11 is 0. The Hall–Kier alpha value is -2.75. The van der Waals surface area contributed by atoms with Crippen molar-refractivity contribution in [3.8, 4) is 22.9 Å². The summed E-state index contributed by atoms with van der Waals surface area (Å²) in [7, 11) is 5.41. The Kier molecular flexibility index (Phi) is 2.73. The summed E-state index contributed by atoms with van der Waals surface area (Å²) in [6, 6.07) is 14.2. The highest BCUT2D eigenvalue weighted by Gasteiger charge is 2.17. The topological polar surface area (TPSA) is 36.3 Å². The molecule has 0 bridgehead atoms. The van der Waals surface area contributed by atoms with Crippen molar-refractivity contribution < 1.29 is 9.47 Å². The molecule has 0 atom stereocenters. The number of ether oxygens (including phenoxy) is 2. The molecule has 110 valence electrons. The van der Waals surface area contributed by atoms with Gasteiger partial charge < -0.3 is 14.0 Å². The third kappa shape index (κ3) is 1.73. The summed E-state index contributed by atoms with van der Waals surface area (Å²) in [4.78, 5) is 4.76. The van der Waals surface area contributed by atoms with Crippen molar-refractivity contribution >= 4 is 21.8 Å². The molecule has 0 aliphatic carbocycles. The van der Waals surface area contributed by atoms with Gasteiger partial charge in [-0.05, 0) is 42.5 Å². The third-order valence-electron chi connectivity index (χ3n) is 4.17. The van der Waals surface area contributed by atoms with Gasteiger partial charge in [-0.2, -0.15) is 0 Å². The maximum Gasteiger partial charge on any atom is 0.141 e. The van der Waals surface area contributed by atoms with E-state index in [9.17, 15) is 0 Å². The second-order valence-corrected chi connectivity index (χ2v) is 5.36. The summed E-state index contributed by atoms with van der Waals surface area (Å²) in [5, 5.41) is 2.24. The maximum absolute atomic E-state index is 5.34. The van der Waals surface area contributed by atoms with Gasteiger partial charge in [-0.15, -0.1) is 0 Å². The van der Waals surface area contributed by atoms with Crippen LogP contribution in [0, 0.1) is 0 Å². The second-order valence-electron chi connectivity index (χ2n) is 5.36. The van der Waals surface area contributed by atoms with Gasteiger partial charge in [0.25, 0.3) is 0 Å². The number of hydrogen-bond donors (Lipinski definition) is 0. The molecule has 0 fully saturated rings. The van der Waals surface area contributed by atoms with E-state index in [0.717, 1.165) is 44.7 Å². The minimum absolute atomic E-state index is 0.843. The molecule has 0 amide bonds. The van der Waals surface area contributed by atoms with Crippen molar-refractivity contribution in [2.24, 2.45) is 7.05 Å². The Morgan fingerprint density at radius 1 is 0.909 bits per heavy atom.